The fraction of sp³-hybridized carbons (Fsp3) is 0.200. The molecule has 0 aliphatic rings. The summed E-state index contributed by atoms with van der Waals surface area (Å²) in [7, 11) is 0. The number of hydrogen-bond donors (Lipinski definition) is 0. The van der Waals surface area contributed by atoms with Gasteiger partial charge in [-0.3, -0.25) is 9.78 Å². The molecule has 2 aromatic rings. The normalized spacial score (nSPS) is 12.1. The molecule has 0 fully saturated rings. The summed E-state index contributed by atoms with van der Waals surface area (Å²) in [5.41, 5.74) is 3.14. The molecule has 0 saturated carbocycles. The van der Waals surface area contributed by atoms with Gasteiger partial charge in [0.05, 0.1) is 0 Å². The van der Waals surface area contributed by atoms with Gasteiger partial charge < -0.3 is 0 Å². The minimum Gasteiger partial charge on any atom is -0.295 e. The molecule has 2 nitrogen and oxygen atoms in total. The van der Waals surface area contributed by atoms with Crippen LogP contribution in [0, 0.1) is 0 Å². The highest BCUT2D eigenvalue weighted by Crippen LogP contribution is 2.23. The molecule has 0 aliphatic heterocycles. The number of nitrogens with zero attached hydrogens (tertiary/aromatic N) is 1. The summed E-state index contributed by atoms with van der Waals surface area (Å²) < 4.78 is 0. The smallest absolute Gasteiger partial charge is 0.159 e. The van der Waals surface area contributed by atoms with Gasteiger partial charge in [-0.2, -0.15) is 0 Å². The zero-order valence-corrected chi connectivity index (χ0v) is 10.1. The largest absolute Gasteiger partial charge is 0.295 e. The Morgan fingerprint density at radius 2 is 1.82 bits per heavy atom. The van der Waals surface area contributed by atoms with Crippen LogP contribution in [0.4, 0.5) is 0 Å². The molecule has 0 radical (unpaired) electrons. The lowest BCUT2D eigenvalue weighted by molar-refractivity contribution is 0.101. The Morgan fingerprint density at radius 1 is 1.12 bits per heavy atom. The van der Waals surface area contributed by atoms with Crippen LogP contribution in [0.1, 0.15) is 41.3 Å². The number of rotatable bonds is 3. The van der Waals surface area contributed by atoms with E-state index in [1.807, 2.05) is 36.5 Å². The maximum absolute atomic E-state index is 11.2. The lowest BCUT2D eigenvalue weighted by Crippen LogP contribution is -1.98. The SMILES string of the molecule is CC(=O)c1ccc([C@H](C)c2cccnc2)cc1. The molecule has 17 heavy (non-hydrogen) atoms. The monoisotopic (exact) mass is 225 g/mol. The second-order valence-corrected chi connectivity index (χ2v) is 4.19. The lowest BCUT2D eigenvalue weighted by atomic mass is 9.93. The zero-order valence-electron chi connectivity index (χ0n) is 10.1. The average molecular weight is 225 g/mol. The second-order valence-electron chi connectivity index (χ2n) is 4.19. The number of carbonyl (C=O) groups excluding carboxylic acids is 1. The molecule has 0 N–H and O–H groups in total. The van der Waals surface area contributed by atoms with Crippen LogP contribution in [0.15, 0.2) is 48.8 Å². The van der Waals surface area contributed by atoms with Gasteiger partial charge in [0.25, 0.3) is 0 Å². The molecule has 0 spiro atoms. The number of pyridine rings is 1. The number of carbonyl (C=O) groups is 1. The molecule has 1 heterocycles. The van der Waals surface area contributed by atoms with Crippen LogP contribution in [0.2, 0.25) is 0 Å². The van der Waals surface area contributed by atoms with E-state index >= 15 is 0 Å². The van der Waals surface area contributed by atoms with Crippen molar-refractivity contribution in [3.63, 3.8) is 0 Å². The predicted octanol–water partition coefficient (Wildman–Crippen LogP) is 3.44. The highest BCUT2D eigenvalue weighted by atomic mass is 16.1. The maximum atomic E-state index is 11.2. The van der Waals surface area contributed by atoms with E-state index in [0.29, 0.717) is 5.92 Å². The van der Waals surface area contributed by atoms with Crippen molar-refractivity contribution in [1.29, 1.82) is 0 Å². The van der Waals surface area contributed by atoms with Crippen LogP contribution in [-0.4, -0.2) is 10.8 Å². The second kappa shape index (κ2) is 4.91. The molecule has 1 aromatic carbocycles. The quantitative estimate of drug-likeness (QED) is 0.749. The van der Waals surface area contributed by atoms with Gasteiger partial charge in [-0.05, 0) is 24.1 Å². The molecule has 1 atom stereocenters. The first-order valence-corrected chi connectivity index (χ1v) is 5.69. The number of Topliss-reactive ketones (excluding diaryl/α,β-unsaturated/α-hetero) is 1. The molecule has 2 rings (SSSR count). The van der Waals surface area contributed by atoms with Crippen molar-refractivity contribution >= 4 is 5.78 Å². The van der Waals surface area contributed by atoms with Crippen molar-refractivity contribution in [2.75, 3.05) is 0 Å². The zero-order chi connectivity index (χ0) is 12.3. The minimum atomic E-state index is 0.102. The van der Waals surface area contributed by atoms with Crippen molar-refractivity contribution in [3.8, 4) is 0 Å². The predicted molar refractivity (Wildman–Crippen MR) is 68.2 cm³/mol. The van der Waals surface area contributed by atoms with E-state index in [-0.39, 0.29) is 5.78 Å². The van der Waals surface area contributed by atoms with Gasteiger partial charge in [0.15, 0.2) is 5.78 Å². The first-order chi connectivity index (χ1) is 8.18. The van der Waals surface area contributed by atoms with Gasteiger partial charge in [0.1, 0.15) is 0 Å². The van der Waals surface area contributed by atoms with Crippen LogP contribution >= 0.6 is 0 Å². The van der Waals surface area contributed by atoms with E-state index in [9.17, 15) is 4.79 Å². The fourth-order valence-corrected chi connectivity index (χ4v) is 1.83. The molecular formula is C15H15NO. The summed E-state index contributed by atoms with van der Waals surface area (Å²) >= 11 is 0. The number of aromatic nitrogens is 1. The Hall–Kier alpha value is -1.96. The summed E-state index contributed by atoms with van der Waals surface area (Å²) in [6.45, 7) is 3.72. The van der Waals surface area contributed by atoms with Crippen LogP contribution in [0.25, 0.3) is 0 Å². The van der Waals surface area contributed by atoms with Crippen molar-refractivity contribution in [3.05, 3.63) is 65.5 Å². The molecule has 1 aromatic heterocycles. The number of ketones is 1. The Bertz CT molecular complexity index is 502. The van der Waals surface area contributed by atoms with E-state index in [2.05, 4.69) is 18.0 Å². The highest BCUT2D eigenvalue weighted by Gasteiger charge is 2.08. The van der Waals surface area contributed by atoms with E-state index in [0.717, 1.165) is 5.56 Å². The average Bonchev–Trinajstić information content (AvgIpc) is 2.39. The van der Waals surface area contributed by atoms with E-state index in [1.54, 1.807) is 13.1 Å². The third kappa shape index (κ3) is 2.59. The summed E-state index contributed by atoms with van der Waals surface area (Å²) in [5, 5.41) is 0. The summed E-state index contributed by atoms with van der Waals surface area (Å²) in [6.07, 6.45) is 3.65. The fourth-order valence-electron chi connectivity index (χ4n) is 1.83. The van der Waals surface area contributed by atoms with E-state index < -0.39 is 0 Å². The van der Waals surface area contributed by atoms with Crippen LogP contribution < -0.4 is 0 Å². The molecule has 2 heteroatoms. The Kier molecular flexibility index (Phi) is 3.33. The molecule has 86 valence electrons. The molecular weight excluding hydrogens is 210 g/mol. The van der Waals surface area contributed by atoms with Crippen molar-refractivity contribution in [2.45, 2.75) is 19.8 Å². The van der Waals surface area contributed by atoms with Crippen LogP contribution in [-0.2, 0) is 0 Å². The molecule has 0 bridgehead atoms. The summed E-state index contributed by atoms with van der Waals surface area (Å²) in [4.78, 5) is 15.3. The molecule has 0 unspecified atom stereocenters. The summed E-state index contributed by atoms with van der Waals surface area (Å²) in [6, 6.07) is 11.8. The third-order valence-corrected chi connectivity index (χ3v) is 3.00. The molecule has 0 amide bonds. The van der Waals surface area contributed by atoms with Gasteiger partial charge in [0, 0.05) is 23.9 Å². The van der Waals surface area contributed by atoms with Crippen LogP contribution in [0.5, 0.6) is 0 Å². The lowest BCUT2D eigenvalue weighted by Gasteiger charge is -2.12. The standard InChI is InChI=1S/C15H15NO/c1-11(15-4-3-9-16-10-15)13-5-7-14(8-6-13)12(2)17/h3-11H,1-2H3/t11-/m0/s1. The van der Waals surface area contributed by atoms with Gasteiger partial charge in [-0.1, -0.05) is 37.3 Å². The first kappa shape index (κ1) is 11.5. The van der Waals surface area contributed by atoms with Gasteiger partial charge in [-0.15, -0.1) is 0 Å². The van der Waals surface area contributed by atoms with Gasteiger partial charge in [-0.25, -0.2) is 0 Å². The van der Waals surface area contributed by atoms with Gasteiger partial charge in [0.2, 0.25) is 0 Å². The number of hydrogen-bond acceptors (Lipinski definition) is 2. The Balaban J connectivity index is 2.26. The number of benzene rings is 1. The van der Waals surface area contributed by atoms with Crippen molar-refractivity contribution < 1.29 is 4.79 Å². The summed E-state index contributed by atoms with van der Waals surface area (Å²) in [5.74, 6) is 0.398. The molecule has 0 aliphatic carbocycles. The van der Waals surface area contributed by atoms with Crippen molar-refractivity contribution in [1.82, 2.24) is 4.98 Å². The Labute approximate surface area is 101 Å². The van der Waals surface area contributed by atoms with Crippen molar-refractivity contribution in [2.24, 2.45) is 0 Å². The van der Waals surface area contributed by atoms with E-state index in [1.165, 1.54) is 11.1 Å². The van der Waals surface area contributed by atoms with Gasteiger partial charge >= 0.3 is 0 Å². The van der Waals surface area contributed by atoms with E-state index in [4.69, 9.17) is 0 Å². The minimum absolute atomic E-state index is 0.102. The first-order valence-electron chi connectivity index (χ1n) is 5.69. The van der Waals surface area contributed by atoms with Crippen LogP contribution in [0.3, 0.4) is 0 Å². The maximum Gasteiger partial charge on any atom is 0.159 e. The molecule has 0 saturated heterocycles. The highest BCUT2D eigenvalue weighted by molar-refractivity contribution is 5.94. The third-order valence-electron chi connectivity index (χ3n) is 3.00. The topological polar surface area (TPSA) is 30.0 Å². The Morgan fingerprint density at radius 3 is 2.35 bits per heavy atom.